The van der Waals surface area contributed by atoms with Gasteiger partial charge in [-0.2, -0.15) is 0 Å². The maximum atomic E-state index is 13.7. The van der Waals surface area contributed by atoms with E-state index in [4.69, 9.17) is 4.74 Å². The standard InChI is InChI=1S/C20H22FNO2/c21-19-4-2-1-3-17(19)8-5-15-6-9-18(10-7-15)20(23)22-13-16-11-12-24-14-16/h3,6-7,9-10,16,19H,1-2,4,11-14H2,(H,22,23). The van der Waals surface area contributed by atoms with Gasteiger partial charge in [0.15, 0.2) is 0 Å². The number of ether oxygens (including phenoxy) is 1. The number of alkyl halides is 1. The van der Waals surface area contributed by atoms with Gasteiger partial charge in [-0.05, 0) is 49.9 Å². The molecule has 0 aromatic heterocycles. The van der Waals surface area contributed by atoms with Crippen molar-refractivity contribution >= 4 is 5.91 Å². The van der Waals surface area contributed by atoms with E-state index in [9.17, 15) is 9.18 Å². The lowest BCUT2D eigenvalue weighted by Gasteiger charge is -2.12. The van der Waals surface area contributed by atoms with E-state index in [-0.39, 0.29) is 5.91 Å². The Hall–Kier alpha value is -2.12. The van der Waals surface area contributed by atoms with Crippen LogP contribution >= 0.6 is 0 Å². The molecule has 1 aliphatic heterocycles. The predicted molar refractivity (Wildman–Crippen MR) is 91.4 cm³/mol. The SMILES string of the molecule is O=C(NCC1CCOC1)c1ccc(C#CC2=CCCCC2F)cc1. The zero-order chi connectivity index (χ0) is 16.8. The summed E-state index contributed by atoms with van der Waals surface area (Å²) in [5.74, 6) is 6.23. The summed E-state index contributed by atoms with van der Waals surface area (Å²) in [4.78, 5) is 12.1. The van der Waals surface area contributed by atoms with E-state index in [0.717, 1.165) is 38.0 Å². The Labute approximate surface area is 142 Å². The van der Waals surface area contributed by atoms with Gasteiger partial charge in [-0.3, -0.25) is 4.79 Å². The van der Waals surface area contributed by atoms with Gasteiger partial charge in [-0.1, -0.05) is 17.9 Å². The van der Waals surface area contributed by atoms with Crippen LogP contribution in [0, 0.1) is 17.8 Å². The Kier molecular flexibility index (Phi) is 5.66. The van der Waals surface area contributed by atoms with Crippen molar-refractivity contribution in [2.75, 3.05) is 19.8 Å². The van der Waals surface area contributed by atoms with Crippen molar-refractivity contribution in [1.29, 1.82) is 0 Å². The topological polar surface area (TPSA) is 38.3 Å². The van der Waals surface area contributed by atoms with Crippen LogP contribution in [0.15, 0.2) is 35.9 Å². The van der Waals surface area contributed by atoms with Crippen molar-refractivity contribution < 1.29 is 13.9 Å². The maximum Gasteiger partial charge on any atom is 0.251 e. The molecule has 0 saturated carbocycles. The molecule has 0 spiro atoms. The lowest BCUT2D eigenvalue weighted by molar-refractivity contribution is 0.0945. The number of rotatable bonds is 3. The second-order valence-corrected chi connectivity index (χ2v) is 6.32. The zero-order valence-corrected chi connectivity index (χ0v) is 13.7. The molecule has 2 atom stereocenters. The minimum atomic E-state index is -0.934. The highest BCUT2D eigenvalue weighted by atomic mass is 19.1. The average Bonchev–Trinajstić information content (AvgIpc) is 3.13. The van der Waals surface area contributed by atoms with Gasteiger partial charge in [-0.25, -0.2) is 4.39 Å². The summed E-state index contributed by atoms with van der Waals surface area (Å²) >= 11 is 0. The van der Waals surface area contributed by atoms with Crippen LogP contribution in [0.1, 0.15) is 41.6 Å². The zero-order valence-electron chi connectivity index (χ0n) is 13.7. The minimum Gasteiger partial charge on any atom is -0.381 e. The van der Waals surface area contributed by atoms with E-state index in [0.29, 0.717) is 30.0 Å². The molecular formula is C20H22FNO2. The number of allylic oxidation sites excluding steroid dienone is 2. The van der Waals surface area contributed by atoms with Crippen molar-refractivity contribution in [3.05, 3.63) is 47.0 Å². The summed E-state index contributed by atoms with van der Waals surface area (Å²) in [6.45, 7) is 2.15. The summed E-state index contributed by atoms with van der Waals surface area (Å²) in [5, 5.41) is 2.94. The number of carbonyl (C=O) groups is 1. The Morgan fingerprint density at radius 2 is 2.08 bits per heavy atom. The molecule has 126 valence electrons. The molecule has 4 heteroatoms. The Balaban J connectivity index is 1.57. The lowest BCUT2D eigenvalue weighted by atomic mass is 9.98. The van der Waals surface area contributed by atoms with E-state index in [1.54, 1.807) is 24.3 Å². The highest BCUT2D eigenvalue weighted by molar-refractivity contribution is 5.94. The molecule has 0 bridgehead atoms. The minimum absolute atomic E-state index is 0.0831. The molecule has 3 rings (SSSR count). The molecule has 0 radical (unpaired) electrons. The number of hydrogen-bond donors (Lipinski definition) is 1. The molecule has 1 heterocycles. The number of carbonyl (C=O) groups excluding carboxylic acids is 1. The van der Waals surface area contributed by atoms with Crippen LogP contribution in [-0.2, 0) is 4.74 Å². The molecule has 1 fully saturated rings. The maximum absolute atomic E-state index is 13.7. The summed E-state index contributed by atoms with van der Waals surface area (Å²) in [5.41, 5.74) is 1.98. The van der Waals surface area contributed by atoms with Gasteiger partial charge in [0.2, 0.25) is 0 Å². The second-order valence-electron chi connectivity index (χ2n) is 6.32. The van der Waals surface area contributed by atoms with Crippen molar-refractivity contribution in [2.45, 2.75) is 31.9 Å². The summed E-state index contributed by atoms with van der Waals surface area (Å²) in [7, 11) is 0. The third kappa shape index (κ3) is 4.46. The first kappa shape index (κ1) is 16.7. The molecule has 2 unspecified atom stereocenters. The van der Waals surface area contributed by atoms with E-state index in [1.807, 2.05) is 6.08 Å². The van der Waals surface area contributed by atoms with Crippen LogP contribution in [0.4, 0.5) is 4.39 Å². The number of nitrogens with one attached hydrogen (secondary N) is 1. The fourth-order valence-corrected chi connectivity index (χ4v) is 2.90. The third-order valence-electron chi connectivity index (χ3n) is 4.44. The summed E-state index contributed by atoms with van der Waals surface area (Å²) in [6.07, 6.45) is 4.30. The van der Waals surface area contributed by atoms with Crippen molar-refractivity contribution in [3.63, 3.8) is 0 Å². The van der Waals surface area contributed by atoms with Gasteiger partial charge in [0.05, 0.1) is 6.61 Å². The van der Waals surface area contributed by atoms with E-state index in [2.05, 4.69) is 17.2 Å². The van der Waals surface area contributed by atoms with E-state index >= 15 is 0 Å². The Bertz CT molecular complexity index is 663. The fourth-order valence-electron chi connectivity index (χ4n) is 2.90. The van der Waals surface area contributed by atoms with Crippen LogP contribution in [-0.4, -0.2) is 31.8 Å². The molecule has 1 aliphatic carbocycles. The number of benzene rings is 1. The average molecular weight is 327 g/mol. The highest BCUT2D eigenvalue weighted by Gasteiger charge is 2.17. The molecule has 1 N–H and O–H groups in total. The van der Waals surface area contributed by atoms with Gasteiger partial charge < -0.3 is 10.1 Å². The molecular weight excluding hydrogens is 305 g/mol. The third-order valence-corrected chi connectivity index (χ3v) is 4.44. The van der Waals surface area contributed by atoms with Crippen LogP contribution in [0.2, 0.25) is 0 Å². The van der Waals surface area contributed by atoms with Gasteiger partial charge in [0, 0.05) is 35.8 Å². The first-order valence-corrected chi connectivity index (χ1v) is 8.54. The number of halogens is 1. The van der Waals surface area contributed by atoms with Crippen LogP contribution < -0.4 is 5.32 Å². The van der Waals surface area contributed by atoms with Gasteiger partial charge >= 0.3 is 0 Å². The van der Waals surface area contributed by atoms with Crippen LogP contribution in [0.5, 0.6) is 0 Å². The van der Waals surface area contributed by atoms with Crippen molar-refractivity contribution in [3.8, 4) is 11.8 Å². The van der Waals surface area contributed by atoms with Crippen molar-refractivity contribution in [1.82, 2.24) is 5.32 Å². The van der Waals surface area contributed by atoms with Gasteiger partial charge in [0.1, 0.15) is 6.17 Å². The Morgan fingerprint density at radius 1 is 1.25 bits per heavy atom. The molecule has 1 amide bonds. The smallest absolute Gasteiger partial charge is 0.251 e. The number of amides is 1. The predicted octanol–water partition coefficient (Wildman–Crippen LogP) is 3.25. The van der Waals surface area contributed by atoms with E-state index in [1.165, 1.54) is 0 Å². The first-order chi connectivity index (χ1) is 11.7. The van der Waals surface area contributed by atoms with E-state index < -0.39 is 6.17 Å². The van der Waals surface area contributed by atoms with Gasteiger partial charge in [0.25, 0.3) is 5.91 Å². The number of hydrogen-bond acceptors (Lipinski definition) is 2. The summed E-state index contributed by atoms with van der Waals surface area (Å²) < 4.78 is 19.0. The highest BCUT2D eigenvalue weighted by Crippen LogP contribution is 2.20. The molecule has 3 nitrogen and oxygen atoms in total. The van der Waals surface area contributed by atoms with Crippen molar-refractivity contribution in [2.24, 2.45) is 5.92 Å². The molecule has 1 aromatic rings. The molecule has 1 aromatic carbocycles. The fraction of sp³-hybridized carbons (Fsp3) is 0.450. The second kappa shape index (κ2) is 8.12. The Morgan fingerprint density at radius 3 is 2.79 bits per heavy atom. The quantitative estimate of drug-likeness (QED) is 0.866. The lowest BCUT2D eigenvalue weighted by Crippen LogP contribution is -2.29. The van der Waals surface area contributed by atoms with Crippen LogP contribution in [0.25, 0.3) is 0 Å². The first-order valence-electron chi connectivity index (χ1n) is 8.54. The molecule has 1 saturated heterocycles. The summed E-state index contributed by atoms with van der Waals surface area (Å²) in [6, 6.07) is 7.12. The van der Waals surface area contributed by atoms with Gasteiger partial charge in [-0.15, -0.1) is 0 Å². The molecule has 2 aliphatic rings. The monoisotopic (exact) mass is 327 g/mol. The van der Waals surface area contributed by atoms with Crippen LogP contribution in [0.3, 0.4) is 0 Å². The molecule has 24 heavy (non-hydrogen) atoms. The largest absolute Gasteiger partial charge is 0.381 e. The normalized spacial score (nSPS) is 23.1.